The number of carbonyl (C=O) groups is 1. The van der Waals surface area contributed by atoms with Crippen molar-refractivity contribution in [3.05, 3.63) is 59.4 Å². The number of alkyl halides is 3. The topological polar surface area (TPSA) is 29.1 Å². The van der Waals surface area contributed by atoms with Crippen LogP contribution in [-0.4, -0.2) is 5.91 Å². The third kappa shape index (κ3) is 3.55. The summed E-state index contributed by atoms with van der Waals surface area (Å²) in [5, 5.41) is 2.28. The Bertz CT molecular complexity index is 685. The molecule has 0 aliphatic rings. The molecule has 2 rings (SSSR count). The van der Waals surface area contributed by atoms with Gasteiger partial charge >= 0.3 is 6.18 Å². The molecule has 0 radical (unpaired) electrons. The Balaban J connectivity index is 2.29. The summed E-state index contributed by atoms with van der Waals surface area (Å²) < 4.78 is 50.9. The van der Waals surface area contributed by atoms with Crippen LogP contribution in [0.3, 0.4) is 0 Å². The van der Waals surface area contributed by atoms with Gasteiger partial charge in [0.05, 0.1) is 11.1 Å². The molecule has 0 aliphatic heterocycles. The molecule has 21 heavy (non-hydrogen) atoms. The molecule has 0 aromatic heterocycles. The van der Waals surface area contributed by atoms with Crippen molar-refractivity contribution in [2.24, 2.45) is 0 Å². The summed E-state index contributed by atoms with van der Waals surface area (Å²) in [6, 6.07) is 8.58. The summed E-state index contributed by atoms with van der Waals surface area (Å²) in [5.41, 5.74) is -1.37. The Labute approximate surface area is 123 Å². The Morgan fingerprint density at radius 3 is 2.38 bits per heavy atom. The zero-order valence-corrected chi connectivity index (χ0v) is 11.3. The van der Waals surface area contributed by atoms with Gasteiger partial charge in [0.25, 0.3) is 5.91 Å². The summed E-state index contributed by atoms with van der Waals surface area (Å²) in [6.07, 6.45) is -4.83. The van der Waals surface area contributed by atoms with Gasteiger partial charge in [-0.1, -0.05) is 12.1 Å². The van der Waals surface area contributed by atoms with Gasteiger partial charge in [0.2, 0.25) is 0 Å². The molecule has 0 saturated heterocycles. The van der Waals surface area contributed by atoms with E-state index in [1.165, 1.54) is 6.07 Å². The van der Waals surface area contributed by atoms with Gasteiger partial charge in [0.1, 0.15) is 5.82 Å². The molecule has 0 saturated carbocycles. The van der Waals surface area contributed by atoms with Gasteiger partial charge in [-0.25, -0.2) is 4.39 Å². The van der Waals surface area contributed by atoms with E-state index in [2.05, 4.69) is 17.9 Å². The van der Waals surface area contributed by atoms with Crippen LogP contribution < -0.4 is 5.32 Å². The first kappa shape index (κ1) is 15.4. The Hall–Kier alpha value is -2.02. The molecule has 0 spiro atoms. The van der Waals surface area contributed by atoms with E-state index >= 15 is 0 Å². The van der Waals surface area contributed by atoms with Crippen LogP contribution in [-0.2, 0) is 6.18 Å². The fourth-order valence-corrected chi connectivity index (χ4v) is 1.95. The van der Waals surface area contributed by atoms with Crippen LogP contribution in [0.4, 0.5) is 23.2 Å². The first-order valence-electron chi connectivity index (χ1n) is 5.75. The molecule has 0 bridgehead atoms. The summed E-state index contributed by atoms with van der Waals surface area (Å²) in [7, 11) is 0. The van der Waals surface area contributed by atoms with Crippen molar-refractivity contribution >= 4 is 24.2 Å². The van der Waals surface area contributed by atoms with Crippen LogP contribution in [0.5, 0.6) is 0 Å². The van der Waals surface area contributed by atoms with Gasteiger partial charge in [0.15, 0.2) is 0 Å². The lowest BCUT2D eigenvalue weighted by Gasteiger charge is -2.11. The SMILES string of the molecule is O=C(Nc1ccc(F)c(C(F)(F)F)c1)c1ccccc1S. The molecule has 1 amide bonds. The molecule has 2 aromatic carbocycles. The number of benzene rings is 2. The highest BCUT2D eigenvalue weighted by Gasteiger charge is 2.34. The van der Waals surface area contributed by atoms with Gasteiger partial charge in [0, 0.05) is 10.6 Å². The zero-order chi connectivity index (χ0) is 15.6. The van der Waals surface area contributed by atoms with Crippen molar-refractivity contribution in [1.29, 1.82) is 0 Å². The van der Waals surface area contributed by atoms with E-state index in [1.54, 1.807) is 18.2 Å². The van der Waals surface area contributed by atoms with Gasteiger partial charge in [-0.05, 0) is 30.3 Å². The second-order valence-electron chi connectivity index (χ2n) is 4.16. The number of carbonyl (C=O) groups excluding carboxylic acids is 1. The number of nitrogens with one attached hydrogen (secondary N) is 1. The van der Waals surface area contributed by atoms with E-state index in [0.717, 1.165) is 6.07 Å². The van der Waals surface area contributed by atoms with Crippen molar-refractivity contribution in [1.82, 2.24) is 0 Å². The molecule has 0 atom stereocenters. The molecule has 110 valence electrons. The van der Waals surface area contributed by atoms with Crippen LogP contribution >= 0.6 is 12.6 Å². The van der Waals surface area contributed by atoms with Crippen molar-refractivity contribution in [3.8, 4) is 0 Å². The summed E-state index contributed by atoms with van der Waals surface area (Å²) in [4.78, 5) is 12.3. The van der Waals surface area contributed by atoms with Gasteiger partial charge in [-0.3, -0.25) is 4.79 Å². The number of halogens is 4. The van der Waals surface area contributed by atoms with E-state index in [-0.39, 0.29) is 11.3 Å². The second-order valence-corrected chi connectivity index (χ2v) is 4.65. The highest BCUT2D eigenvalue weighted by Crippen LogP contribution is 2.33. The molecular weight excluding hydrogens is 306 g/mol. The minimum atomic E-state index is -4.83. The molecule has 7 heteroatoms. The summed E-state index contributed by atoms with van der Waals surface area (Å²) in [5.74, 6) is -2.02. The number of hydrogen-bond acceptors (Lipinski definition) is 2. The number of anilines is 1. The van der Waals surface area contributed by atoms with E-state index in [9.17, 15) is 22.4 Å². The fraction of sp³-hybridized carbons (Fsp3) is 0.0714. The molecule has 0 unspecified atom stereocenters. The van der Waals surface area contributed by atoms with Gasteiger partial charge in [-0.15, -0.1) is 12.6 Å². The molecule has 0 aliphatic carbocycles. The standard InChI is InChI=1S/C14H9F4NOS/c15-11-6-5-8(7-10(11)14(16,17)18)19-13(20)9-3-1-2-4-12(9)21/h1-7,21H,(H,19,20). The Morgan fingerprint density at radius 1 is 1.10 bits per heavy atom. The minimum Gasteiger partial charge on any atom is -0.322 e. The Morgan fingerprint density at radius 2 is 1.76 bits per heavy atom. The molecule has 2 nitrogen and oxygen atoms in total. The maximum atomic E-state index is 13.1. The van der Waals surface area contributed by atoms with E-state index in [4.69, 9.17) is 0 Å². The summed E-state index contributed by atoms with van der Waals surface area (Å²) in [6.45, 7) is 0. The maximum absolute atomic E-state index is 13.1. The first-order valence-corrected chi connectivity index (χ1v) is 6.20. The van der Waals surface area contributed by atoms with Crippen LogP contribution in [0.2, 0.25) is 0 Å². The molecule has 2 aromatic rings. The van der Waals surface area contributed by atoms with Crippen molar-refractivity contribution in [2.45, 2.75) is 11.1 Å². The lowest BCUT2D eigenvalue weighted by Crippen LogP contribution is -2.14. The monoisotopic (exact) mass is 315 g/mol. The zero-order valence-electron chi connectivity index (χ0n) is 10.4. The minimum absolute atomic E-state index is 0.148. The average molecular weight is 315 g/mol. The Kier molecular flexibility index (Phi) is 4.22. The van der Waals surface area contributed by atoms with E-state index in [1.807, 2.05) is 0 Å². The van der Waals surface area contributed by atoms with Crippen LogP contribution in [0.1, 0.15) is 15.9 Å². The van der Waals surface area contributed by atoms with Crippen LogP contribution in [0.15, 0.2) is 47.4 Å². The lowest BCUT2D eigenvalue weighted by atomic mass is 10.1. The second kappa shape index (κ2) is 5.77. The van der Waals surface area contributed by atoms with Crippen molar-refractivity contribution < 1.29 is 22.4 Å². The third-order valence-corrected chi connectivity index (χ3v) is 3.07. The van der Waals surface area contributed by atoms with E-state index < -0.39 is 23.5 Å². The molecule has 0 fully saturated rings. The number of rotatable bonds is 2. The third-order valence-electron chi connectivity index (χ3n) is 2.68. The predicted octanol–water partition coefficient (Wildman–Crippen LogP) is 4.39. The lowest BCUT2D eigenvalue weighted by molar-refractivity contribution is -0.139. The normalized spacial score (nSPS) is 11.3. The number of amides is 1. The van der Waals surface area contributed by atoms with Gasteiger partial charge < -0.3 is 5.32 Å². The number of thiol groups is 1. The quantitative estimate of drug-likeness (QED) is 0.625. The highest BCUT2D eigenvalue weighted by molar-refractivity contribution is 7.80. The van der Waals surface area contributed by atoms with E-state index in [0.29, 0.717) is 17.0 Å². The molecule has 1 N–H and O–H groups in total. The fourth-order valence-electron chi connectivity index (χ4n) is 1.68. The first-order chi connectivity index (χ1) is 9.79. The predicted molar refractivity (Wildman–Crippen MR) is 73.0 cm³/mol. The largest absolute Gasteiger partial charge is 0.419 e. The molecular formula is C14H9F4NOS. The number of hydrogen-bond donors (Lipinski definition) is 2. The van der Waals surface area contributed by atoms with Gasteiger partial charge in [-0.2, -0.15) is 13.2 Å². The van der Waals surface area contributed by atoms with Crippen molar-refractivity contribution in [2.75, 3.05) is 5.32 Å². The maximum Gasteiger partial charge on any atom is 0.419 e. The average Bonchev–Trinajstić information content (AvgIpc) is 2.40. The molecule has 0 heterocycles. The van der Waals surface area contributed by atoms with Crippen LogP contribution in [0.25, 0.3) is 0 Å². The summed E-state index contributed by atoms with van der Waals surface area (Å²) >= 11 is 4.09. The van der Waals surface area contributed by atoms with Crippen LogP contribution in [0, 0.1) is 5.82 Å². The van der Waals surface area contributed by atoms with Crippen molar-refractivity contribution in [3.63, 3.8) is 0 Å². The smallest absolute Gasteiger partial charge is 0.322 e. The highest BCUT2D eigenvalue weighted by atomic mass is 32.1.